The summed E-state index contributed by atoms with van der Waals surface area (Å²) in [6, 6.07) is 22.4. The molecule has 0 radical (unpaired) electrons. The van der Waals surface area contributed by atoms with Crippen molar-refractivity contribution in [3.8, 4) is 5.75 Å². The number of rotatable bonds is 5. The molecule has 0 spiro atoms. The van der Waals surface area contributed by atoms with E-state index in [4.69, 9.17) is 10.5 Å². The molecule has 3 aliphatic rings. The van der Waals surface area contributed by atoms with Gasteiger partial charge in [0.25, 0.3) is 0 Å². The van der Waals surface area contributed by atoms with Crippen molar-refractivity contribution in [1.29, 1.82) is 0 Å². The van der Waals surface area contributed by atoms with E-state index in [1.807, 2.05) is 66.7 Å². The third-order valence-corrected chi connectivity index (χ3v) is 7.72. The molecule has 35 heavy (non-hydrogen) atoms. The van der Waals surface area contributed by atoms with Crippen LogP contribution in [-0.4, -0.2) is 42.1 Å². The summed E-state index contributed by atoms with van der Waals surface area (Å²) in [6.07, 6.45) is 1.24. The number of benzene rings is 3. The molecule has 6 rings (SSSR count). The van der Waals surface area contributed by atoms with Crippen molar-refractivity contribution in [2.45, 2.75) is 42.9 Å². The Balaban J connectivity index is 1.41. The van der Waals surface area contributed by atoms with Crippen LogP contribution in [-0.2, 0) is 27.8 Å². The highest BCUT2D eigenvalue weighted by Gasteiger charge is 2.62. The molecule has 2 fully saturated rings. The van der Waals surface area contributed by atoms with E-state index in [2.05, 4.69) is 16.7 Å². The first-order valence-electron chi connectivity index (χ1n) is 11.9. The molecule has 0 aliphatic carbocycles. The van der Waals surface area contributed by atoms with Crippen LogP contribution in [0.5, 0.6) is 5.75 Å². The van der Waals surface area contributed by atoms with E-state index in [9.17, 15) is 9.59 Å². The number of hydrogen-bond donors (Lipinski definition) is 3. The summed E-state index contributed by atoms with van der Waals surface area (Å²) in [5.74, 6) is 0.600. The molecule has 0 saturated carbocycles. The summed E-state index contributed by atoms with van der Waals surface area (Å²) in [5.41, 5.74) is 10.4. The lowest BCUT2D eigenvalue weighted by molar-refractivity contribution is -0.148. The Labute approximate surface area is 204 Å². The molecule has 0 aromatic heterocycles. The Morgan fingerprint density at radius 3 is 2.60 bits per heavy atom. The number of methoxy groups -OCH3 is 1. The summed E-state index contributed by atoms with van der Waals surface area (Å²) < 4.78 is 5.65. The number of carbonyl (C=O) groups excluding carboxylic acids is 2. The van der Waals surface area contributed by atoms with Crippen LogP contribution < -0.4 is 21.1 Å². The molecule has 7 heteroatoms. The lowest BCUT2D eigenvalue weighted by atomic mass is 9.73. The largest absolute Gasteiger partial charge is 0.496 e. The Morgan fingerprint density at radius 2 is 1.80 bits per heavy atom. The number of carbonyl (C=O) groups is 2. The molecule has 7 nitrogen and oxygen atoms in total. The Kier molecular flexibility index (Phi) is 4.95. The van der Waals surface area contributed by atoms with Gasteiger partial charge >= 0.3 is 0 Å². The number of para-hydroxylation sites is 1. The first kappa shape index (κ1) is 21.5. The standard InChI is InChI=1S/C28H28N4O3/c1-35-24-12-11-19(29)14-18(24)15-28-16-23-25(33)30-22(13-17-7-3-2-4-8-17)26(34)32(23)27(28)31-21-10-6-5-9-20(21)28/h2-12,14,22-23,27,31H,13,15-16,29H2,1H3,(H,30,33)/t22-,23-,27+,28+/m0/s1. The van der Waals surface area contributed by atoms with E-state index in [-0.39, 0.29) is 18.0 Å². The second-order valence-corrected chi connectivity index (χ2v) is 9.71. The number of nitrogens with two attached hydrogens (primary N) is 1. The van der Waals surface area contributed by atoms with Crippen molar-refractivity contribution >= 4 is 23.2 Å². The number of anilines is 2. The maximum absolute atomic E-state index is 13.8. The Bertz CT molecular complexity index is 1310. The van der Waals surface area contributed by atoms with E-state index in [1.54, 1.807) is 12.0 Å². The normalized spacial score (nSPS) is 26.4. The predicted octanol–water partition coefficient (Wildman–Crippen LogP) is 2.85. The molecule has 0 unspecified atom stereocenters. The Hall–Kier alpha value is -4.00. The highest BCUT2D eigenvalue weighted by Crippen LogP contribution is 2.54. The van der Waals surface area contributed by atoms with Gasteiger partial charge in [-0.25, -0.2) is 0 Å². The van der Waals surface area contributed by atoms with Crippen LogP contribution >= 0.6 is 0 Å². The van der Waals surface area contributed by atoms with Crippen molar-refractivity contribution in [3.05, 3.63) is 89.5 Å². The van der Waals surface area contributed by atoms with Crippen molar-refractivity contribution in [1.82, 2.24) is 10.2 Å². The van der Waals surface area contributed by atoms with Crippen molar-refractivity contribution < 1.29 is 14.3 Å². The number of nitrogens with zero attached hydrogens (tertiary/aromatic N) is 1. The molecular weight excluding hydrogens is 440 g/mol. The van der Waals surface area contributed by atoms with Crippen LogP contribution in [0, 0.1) is 0 Å². The van der Waals surface area contributed by atoms with Crippen molar-refractivity contribution in [2.24, 2.45) is 0 Å². The van der Waals surface area contributed by atoms with Crippen molar-refractivity contribution in [3.63, 3.8) is 0 Å². The first-order valence-corrected chi connectivity index (χ1v) is 11.9. The number of ether oxygens (including phenoxy) is 1. The number of nitrogen functional groups attached to an aromatic ring is 1. The zero-order valence-corrected chi connectivity index (χ0v) is 19.5. The van der Waals surface area contributed by atoms with Gasteiger partial charge in [-0.3, -0.25) is 9.59 Å². The van der Waals surface area contributed by atoms with E-state index in [0.29, 0.717) is 24.9 Å². The van der Waals surface area contributed by atoms with Crippen LogP contribution in [0.1, 0.15) is 23.1 Å². The fraction of sp³-hybridized carbons (Fsp3) is 0.286. The van der Waals surface area contributed by atoms with Crippen LogP contribution in [0.15, 0.2) is 72.8 Å². The van der Waals surface area contributed by atoms with Crippen molar-refractivity contribution in [2.75, 3.05) is 18.2 Å². The van der Waals surface area contributed by atoms with Gasteiger partial charge < -0.3 is 26.0 Å². The van der Waals surface area contributed by atoms with Gasteiger partial charge in [0.1, 0.15) is 24.0 Å². The summed E-state index contributed by atoms with van der Waals surface area (Å²) in [4.78, 5) is 29.0. The minimum atomic E-state index is -0.593. The topological polar surface area (TPSA) is 96.7 Å². The molecule has 4 N–H and O–H groups in total. The fourth-order valence-electron chi connectivity index (χ4n) is 6.19. The monoisotopic (exact) mass is 468 g/mol. The molecule has 2 amide bonds. The summed E-state index contributed by atoms with van der Waals surface area (Å²) in [7, 11) is 1.65. The van der Waals surface area contributed by atoms with Gasteiger partial charge in [-0.05, 0) is 53.8 Å². The third kappa shape index (κ3) is 3.33. The summed E-state index contributed by atoms with van der Waals surface area (Å²) >= 11 is 0. The first-order chi connectivity index (χ1) is 17.0. The van der Waals surface area contributed by atoms with E-state index in [1.165, 1.54) is 0 Å². The molecule has 0 bridgehead atoms. The van der Waals surface area contributed by atoms with E-state index < -0.39 is 17.5 Å². The minimum absolute atomic E-state index is 0.0508. The quantitative estimate of drug-likeness (QED) is 0.501. The number of piperazine rings is 1. The average molecular weight is 469 g/mol. The molecule has 3 aliphatic heterocycles. The molecule has 2 saturated heterocycles. The van der Waals surface area contributed by atoms with Gasteiger partial charge in [0, 0.05) is 23.2 Å². The van der Waals surface area contributed by atoms with Gasteiger partial charge in [-0.2, -0.15) is 0 Å². The van der Waals surface area contributed by atoms with Gasteiger partial charge in [-0.1, -0.05) is 48.5 Å². The second kappa shape index (κ2) is 8.05. The number of hydrogen-bond acceptors (Lipinski definition) is 5. The predicted molar refractivity (Wildman–Crippen MR) is 134 cm³/mol. The highest BCUT2D eigenvalue weighted by atomic mass is 16.5. The van der Waals surface area contributed by atoms with Gasteiger partial charge in [0.05, 0.1) is 7.11 Å². The summed E-state index contributed by atoms with van der Waals surface area (Å²) in [6.45, 7) is 0. The maximum Gasteiger partial charge on any atom is 0.247 e. The molecular formula is C28H28N4O3. The minimum Gasteiger partial charge on any atom is -0.496 e. The fourth-order valence-corrected chi connectivity index (χ4v) is 6.19. The van der Waals surface area contributed by atoms with Crippen LogP contribution in [0.25, 0.3) is 0 Å². The third-order valence-electron chi connectivity index (χ3n) is 7.72. The zero-order valence-electron chi connectivity index (χ0n) is 19.5. The van der Waals surface area contributed by atoms with Gasteiger partial charge in [0.2, 0.25) is 11.8 Å². The van der Waals surface area contributed by atoms with Gasteiger partial charge in [-0.15, -0.1) is 0 Å². The molecule has 3 heterocycles. The Morgan fingerprint density at radius 1 is 1.03 bits per heavy atom. The zero-order chi connectivity index (χ0) is 24.2. The van der Waals surface area contributed by atoms with E-state index >= 15 is 0 Å². The van der Waals surface area contributed by atoms with Crippen LogP contribution in [0.2, 0.25) is 0 Å². The second-order valence-electron chi connectivity index (χ2n) is 9.71. The highest BCUT2D eigenvalue weighted by molar-refractivity contribution is 5.99. The van der Waals surface area contributed by atoms with E-state index in [0.717, 1.165) is 28.1 Å². The molecule has 3 aromatic rings. The molecule has 3 aromatic carbocycles. The van der Waals surface area contributed by atoms with Crippen LogP contribution in [0.4, 0.5) is 11.4 Å². The number of amides is 2. The number of nitrogens with one attached hydrogen (secondary N) is 2. The van der Waals surface area contributed by atoms with Crippen LogP contribution in [0.3, 0.4) is 0 Å². The average Bonchev–Trinajstić information content (AvgIpc) is 3.34. The summed E-state index contributed by atoms with van der Waals surface area (Å²) in [5, 5.41) is 6.61. The number of fused-ring (bicyclic) bond motifs is 5. The molecule has 178 valence electrons. The smallest absolute Gasteiger partial charge is 0.247 e. The lowest BCUT2D eigenvalue weighted by Gasteiger charge is -2.38. The maximum atomic E-state index is 13.8. The molecule has 4 atom stereocenters. The van der Waals surface area contributed by atoms with Gasteiger partial charge in [0.15, 0.2) is 0 Å². The SMILES string of the molecule is COc1ccc(N)cc1C[C@]12C[C@H]3C(=O)N[C@@H](Cc4ccccc4)C(=O)N3[C@H]1Nc1ccccc12. The lowest BCUT2D eigenvalue weighted by Crippen LogP contribution is -2.64.